The van der Waals surface area contributed by atoms with Crippen LogP contribution in [0.3, 0.4) is 0 Å². The number of carbonyl (C=O) groups is 1. The Morgan fingerprint density at radius 3 is 2.65 bits per heavy atom. The van der Waals surface area contributed by atoms with Gasteiger partial charge in [-0.2, -0.15) is 0 Å². The first-order valence-corrected chi connectivity index (χ1v) is 6.62. The summed E-state index contributed by atoms with van der Waals surface area (Å²) in [5.74, 6) is 1.25. The molecule has 0 atom stereocenters. The van der Waals surface area contributed by atoms with Crippen LogP contribution >= 0.6 is 0 Å². The SMILES string of the molecule is Cc1oc(CNC(=O)NC(C)C)nc1-c1ccccc1. The summed E-state index contributed by atoms with van der Waals surface area (Å²) >= 11 is 0. The van der Waals surface area contributed by atoms with E-state index in [0.717, 1.165) is 17.0 Å². The minimum atomic E-state index is -0.225. The van der Waals surface area contributed by atoms with Crippen molar-refractivity contribution in [2.45, 2.75) is 33.4 Å². The highest BCUT2D eigenvalue weighted by molar-refractivity contribution is 5.74. The second-order valence-electron chi connectivity index (χ2n) is 4.86. The number of carbonyl (C=O) groups excluding carboxylic acids is 1. The van der Waals surface area contributed by atoms with Crippen molar-refractivity contribution in [2.24, 2.45) is 0 Å². The van der Waals surface area contributed by atoms with Crippen molar-refractivity contribution < 1.29 is 9.21 Å². The molecule has 0 aliphatic carbocycles. The first-order chi connectivity index (χ1) is 9.56. The number of rotatable bonds is 4. The van der Waals surface area contributed by atoms with Crippen LogP contribution in [0.4, 0.5) is 4.79 Å². The molecule has 0 radical (unpaired) electrons. The summed E-state index contributed by atoms with van der Waals surface area (Å²) in [4.78, 5) is 15.9. The zero-order valence-corrected chi connectivity index (χ0v) is 11.9. The average Bonchev–Trinajstić information content (AvgIpc) is 2.78. The summed E-state index contributed by atoms with van der Waals surface area (Å²) in [6.07, 6.45) is 0. The standard InChI is InChI=1S/C15H19N3O2/c1-10(2)17-15(19)16-9-13-18-14(11(3)20-13)12-7-5-4-6-8-12/h4-8,10H,9H2,1-3H3,(H2,16,17,19). The molecule has 5 nitrogen and oxygen atoms in total. The van der Waals surface area contributed by atoms with Gasteiger partial charge in [-0.15, -0.1) is 0 Å². The van der Waals surface area contributed by atoms with Gasteiger partial charge in [0.15, 0.2) is 0 Å². The Labute approximate surface area is 118 Å². The van der Waals surface area contributed by atoms with Crippen LogP contribution in [-0.4, -0.2) is 17.1 Å². The Hall–Kier alpha value is -2.30. The van der Waals surface area contributed by atoms with Crippen molar-refractivity contribution in [2.75, 3.05) is 0 Å². The van der Waals surface area contributed by atoms with Crippen LogP contribution < -0.4 is 10.6 Å². The molecule has 0 fully saturated rings. The lowest BCUT2D eigenvalue weighted by molar-refractivity contribution is 0.237. The van der Waals surface area contributed by atoms with E-state index in [4.69, 9.17) is 4.42 Å². The number of hydrogen-bond acceptors (Lipinski definition) is 3. The van der Waals surface area contributed by atoms with Gasteiger partial charge >= 0.3 is 6.03 Å². The zero-order chi connectivity index (χ0) is 14.5. The summed E-state index contributed by atoms with van der Waals surface area (Å²) < 4.78 is 5.57. The highest BCUT2D eigenvalue weighted by atomic mass is 16.4. The van der Waals surface area contributed by atoms with E-state index < -0.39 is 0 Å². The molecule has 2 aromatic rings. The van der Waals surface area contributed by atoms with Gasteiger partial charge in [0.1, 0.15) is 11.5 Å². The number of hydrogen-bond donors (Lipinski definition) is 2. The van der Waals surface area contributed by atoms with E-state index in [1.54, 1.807) is 0 Å². The maximum Gasteiger partial charge on any atom is 0.315 e. The zero-order valence-electron chi connectivity index (χ0n) is 11.9. The number of nitrogens with zero attached hydrogens (tertiary/aromatic N) is 1. The molecule has 0 aliphatic rings. The van der Waals surface area contributed by atoms with Crippen LogP contribution in [0.25, 0.3) is 11.3 Å². The van der Waals surface area contributed by atoms with Crippen LogP contribution in [0.1, 0.15) is 25.5 Å². The Kier molecular flexibility index (Phi) is 4.40. The van der Waals surface area contributed by atoms with Gasteiger partial charge in [0, 0.05) is 11.6 Å². The van der Waals surface area contributed by atoms with Crippen LogP contribution in [0.2, 0.25) is 0 Å². The van der Waals surface area contributed by atoms with E-state index in [-0.39, 0.29) is 18.6 Å². The third-order valence-electron chi connectivity index (χ3n) is 2.71. The van der Waals surface area contributed by atoms with E-state index in [1.807, 2.05) is 51.1 Å². The number of oxazole rings is 1. The Balaban J connectivity index is 2.03. The molecule has 0 saturated carbocycles. The molecule has 0 saturated heterocycles. The Bertz CT molecular complexity index is 576. The normalized spacial score (nSPS) is 10.6. The number of aryl methyl sites for hydroxylation is 1. The molecule has 5 heteroatoms. The number of benzene rings is 1. The molecule has 0 bridgehead atoms. The molecular formula is C15H19N3O2. The summed E-state index contributed by atoms with van der Waals surface area (Å²) in [6, 6.07) is 9.70. The van der Waals surface area contributed by atoms with Gasteiger partial charge in [0.2, 0.25) is 5.89 Å². The molecule has 0 aliphatic heterocycles. The van der Waals surface area contributed by atoms with Crippen LogP contribution in [-0.2, 0) is 6.54 Å². The van der Waals surface area contributed by atoms with Gasteiger partial charge in [0.25, 0.3) is 0 Å². The van der Waals surface area contributed by atoms with Gasteiger partial charge in [0.05, 0.1) is 6.54 Å². The summed E-state index contributed by atoms with van der Waals surface area (Å²) in [5.41, 5.74) is 1.82. The molecule has 106 valence electrons. The molecule has 20 heavy (non-hydrogen) atoms. The van der Waals surface area contributed by atoms with Gasteiger partial charge in [-0.3, -0.25) is 0 Å². The minimum Gasteiger partial charge on any atom is -0.443 e. The van der Waals surface area contributed by atoms with Crippen molar-refractivity contribution in [1.82, 2.24) is 15.6 Å². The van der Waals surface area contributed by atoms with Crippen LogP contribution in [0.15, 0.2) is 34.7 Å². The van der Waals surface area contributed by atoms with Gasteiger partial charge < -0.3 is 15.1 Å². The predicted molar refractivity (Wildman–Crippen MR) is 77.2 cm³/mol. The first kappa shape index (κ1) is 14.1. The molecule has 1 heterocycles. The van der Waals surface area contributed by atoms with E-state index in [0.29, 0.717) is 5.89 Å². The topological polar surface area (TPSA) is 67.2 Å². The van der Waals surface area contributed by atoms with Gasteiger partial charge in [-0.1, -0.05) is 30.3 Å². The maximum atomic E-state index is 11.5. The number of urea groups is 1. The fourth-order valence-corrected chi connectivity index (χ4v) is 1.86. The second kappa shape index (κ2) is 6.23. The number of aromatic nitrogens is 1. The van der Waals surface area contributed by atoms with Crippen LogP contribution in [0.5, 0.6) is 0 Å². The summed E-state index contributed by atoms with van der Waals surface area (Å²) in [6.45, 7) is 5.95. The van der Waals surface area contributed by atoms with E-state index >= 15 is 0 Å². The van der Waals surface area contributed by atoms with Crippen molar-refractivity contribution >= 4 is 6.03 Å². The van der Waals surface area contributed by atoms with E-state index in [2.05, 4.69) is 15.6 Å². The summed E-state index contributed by atoms with van der Waals surface area (Å²) in [7, 11) is 0. The van der Waals surface area contributed by atoms with Crippen LogP contribution in [0, 0.1) is 6.92 Å². The fraction of sp³-hybridized carbons (Fsp3) is 0.333. The smallest absolute Gasteiger partial charge is 0.315 e. The number of nitrogens with one attached hydrogen (secondary N) is 2. The third-order valence-corrected chi connectivity index (χ3v) is 2.71. The van der Waals surface area contributed by atoms with E-state index in [9.17, 15) is 4.79 Å². The largest absolute Gasteiger partial charge is 0.443 e. The molecule has 2 rings (SSSR count). The molecule has 1 aromatic heterocycles. The van der Waals surface area contributed by atoms with Gasteiger partial charge in [-0.05, 0) is 20.8 Å². The third kappa shape index (κ3) is 3.60. The number of amides is 2. The van der Waals surface area contributed by atoms with Crippen molar-refractivity contribution in [3.05, 3.63) is 42.0 Å². The quantitative estimate of drug-likeness (QED) is 0.900. The van der Waals surface area contributed by atoms with Crippen molar-refractivity contribution in [1.29, 1.82) is 0 Å². The highest BCUT2D eigenvalue weighted by Gasteiger charge is 2.12. The Morgan fingerprint density at radius 1 is 1.30 bits per heavy atom. The van der Waals surface area contributed by atoms with E-state index in [1.165, 1.54) is 0 Å². The molecule has 2 N–H and O–H groups in total. The highest BCUT2D eigenvalue weighted by Crippen LogP contribution is 2.22. The molecular weight excluding hydrogens is 254 g/mol. The summed E-state index contributed by atoms with van der Waals surface area (Å²) in [5, 5.41) is 5.46. The monoisotopic (exact) mass is 273 g/mol. The first-order valence-electron chi connectivity index (χ1n) is 6.62. The lowest BCUT2D eigenvalue weighted by Crippen LogP contribution is -2.39. The average molecular weight is 273 g/mol. The van der Waals surface area contributed by atoms with Crippen molar-refractivity contribution in [3.63, 3.8) is 0 Å². The lowest BCUT2D eigenvalue weighted by Gasteiger charge is -2.08. The Morgan fingerprint density at radius 2 is 2.00 bits per heavy atom. The predicted octanol–water partition coefficient (Wildman–Crippen LogP) is 2.86. The lowest BCUT2D eigenvalue weighted by atomic mass is 10.1. The minimum absolute atomic E-state index is 0.0983. The molecule has 0 unspecified atom stereocenters. The molecule has 2 amide bonds. The molecule has 1 aromatic carbocycles. The van der Waals surface area contributed by atoms with Gasteiger partial charge in [-0.25, -0.2) is 9.78 Å². The second-order valence-corrected chi connectivity index (χ2v) is 4.86. The molecule has 0 spiro atoms. The fourth-order valence-electron chi connectivity index (χ4n) is 1.86. The maximum absolute atomic E-state index is 11.5. The van der Waals surface area contributed by atoms with Crippen molar-refractivity contribution in [3.8, 4) is 11.3 Å².